The number of halogens is 1. The van der Waals surface area contributed by atoms with Crippen LogP contribution in [0.2, 0.25) is 0 Å². The maximum Gasteiger partial charge on any atom is 0.336 e. The van der Waals surface area contributed by atoms with Crippen LogP contribution in [0.1, 0.15) is 10.4 Å². The van der Waals surface area contributed by atoms with Crippen LogP contribution in [0.15, 0.2) is 22.7 Å². The van der Waals surface area contributed by atoms with Gasteiger partial charge in [-0.2, -0.15) is 0 Å². The molecule has 0 fully saturated rings. The Morgan fingerprint density at radius 2 is 2.18 bits per heavy atom. The molecule has 1 rings (SSSR count). The molecule has 0 heterocycles. The molecule has 4 heteroatoms. The van der Waals surface area contributed by atoms with Gasteiger partial charge in [-0.25, -0.2) is 4.79 Å². The summed E-state index contributed by atoms with van der Waals surface area (Å²) in [5.41, 5.74) is 0.254. The number of hydrogen-bond donors (Lipinski definition) is 1. The van der Waals surface area contributed by atoms with E-state index < -0.39 is 5.97 Å². The Morgan fingerprint density at radius 3 is 2.55 bits per heavy atom. The summed E-state index contributed by atoms with van der Waals surface area (Å²) in [5.74, 6) is -0.942. The molecular formula is C7H4BrO2Si. The zero-order chi connectivity index (χ0) is 8.43. The second-order valence-electron chi connectivity index (χ2n) is 1.97. The van der Waals surface area contributed by atoms with Gasteiger partial charge in [0, 0.05) is 4.47 Å². The van der Waals surface area contributed by atoms with Crippen molar-refractivity contribution in [3.63, 3.8) is 0 Å². The lowest BCUT2D eigenvalue weighted by Crippen LogP contribution is -2.15. The SMILES string of the molecule is O=C(O)c1c([Si])cccc1Br. The number of benzene rings is 1. The first-order valence-electron chi connectivity index (χ1n) is 2.86. The lowest BCUT2D eigenvalue weighted by Gasteiger charge is -2.01. The highest BCUT2D eigenvalue weighted by Crippen LogP contribution is 2.13. The Labute approximate surface area is 75.8 Å². The predicted molar refractivity (Wildman–Crippen MR) is 46.5 cm³/mol. The molecule has 0 unspecified atom stereocenters. The minimum atomic E-state index is -0.942. The third kappa shape index (κ3) is 1.69. The molecule has 0 aliphatic carbocycles. The van der Waals surface area contributed by atoms with Crippen molar-refractivity contribution in [3.8, 4) is 0 Å². The summed E-state index contributed by atoms with van der Waals surface area (Å²) in [4.78, 5) is 10.6. The molecule has 1 N–H and O–H groups in total. The number of carboxylic acids is 1. The van der Waals surface area contributed by atoms with E-state index in [9.17, 15) is 4.79 Å². The number of rotatable bonds is 1. The van der Waals surface area contributed by atoms with Crippen molar-refractivity contribution in [1.82, 2.24) is 0 Å². The molecule has 0 aromatic heterocycles. The van der Waals surface area contributed by atoms with E-state index in [0.717, 1.165) is 0 Å². The average molecular weight is 228 g/mol. The van der Waals surface area contributed by atoms with E-state index in [2.05, 4.69) is 26.2 Å². The molecule has 0 amide bonds. The maximum absolute atomic E-state index is 10.6. The Morgan fingerprint density at radius 1 is 1.55 bits per heavy atom. The first-order chi connectivity index (χ1) is 5.13. The van der Waals surface area contributed by atoms with Gasteiger partial charge in [-0.1, -0.05) is 17.3 Å². The van der Waals surface area contributed by atoms with Gasteiger partial charge in [-0.05, 0) is 22.0 Å². The number of hydrogen-bond acceptors (Lipinski definition) is 1. The fraction of sp³-hybridized carbons (Fsp3) is 0. The largest absolute Gasteiger partial charge is 0.478 e. The minimum absolute atomic E-state index is 0.254. The Balaban J connectivity index is 3.32. The third-order valence-corrected chi connectivity index (χ3v) is 2.30. The fourth-order valence-corrected chi connectivity index (χ4v) is 1.80. The minimum Gasteiger partial charge on any atom is -0.478 e. The van der Waals surface area contributed by atoms with E-state index in [4.69, 9.17) is 5.11 Å². The highest BCUT2D eigenvalue weighted by atomic mass is 79.9. The van der Waals surface area contributed by atoms with Crippen molar-refractivity contribution in [2.45, 2.75) is 0 Å². The van der Waals surface area contributed by atoms with Gasteiger partial charge >= 0.3 is 5.97 Å². The van der Waals surface area contributed by atoms with E-state index >= 15 is 0 Å². The van der Waals surface area contributed by atoms with Crippen LogP contribution in [0.4, 0.5) is 0 Å². The predicted octanol–water partition coefficient (Wildman–Crippen LogP) is 0.941. The van der Waals surface area contributed by atoms with Crippen LogP contribution in [0.25, 0.3) is 0 Å². The first kappa shape index (κ1) is 8.48. The summed E-state index contributed by atoms with van der Waals surface area (Å²) in [6.45, 7) is 0. The quantitative estimate of drug-likeness (QED) is 0.726. The standard InChI is InChI=1S/C7H4BrO2Si/c8-4-2-1-3-5(11)6(4)7(9)10/h1-3H,(H,9,10). The highest BCUT2D eigenvalue weighted by molar-refractivity contribution is 9.10. The number of carbonyl (C=O) groups is 1. The molecule has 0 aliphatic heterocycles. The van der Waals surface area contributed by atoms with Gasteiger partial charge in [0.25, 0.3) is 0 Å². The smallest absolute Gasteiger partial charge is 0.336 e. The van der Waals surface area contributed by atoms with Gasteiger partial charge in [0.2, 0.25) is 0 Å². The van der Waals surface area contributed by atoms with Gasteiger partial charge < -0.3 is 5.11 Å². The number of carboxylic acid groups (broad SMARTS) is 1. The topological polar surface area (TPSA) is 37.3 Å². The van der Waals surface area contributed by atoms with Crippen LogP contribution in [-0.4, -0.2) is 21.3 Å². The third-order valence-electron chi connectivity index (χ3n) is 1.23. The van der Waals surface area contributed by atoms with Crippen molar-refractivity contribution in [1.29, 1.82) is 0 Å². The Bertz CT molecular complexity index is 278. The number of aromatic carboxylic acids is 1. The molecule has 55 valence electrons. The van der Waals surface area contributed by atoms with Crippen molar-refractivity contribution >= 4 is 37.3 Å². The molecule has 1 aromatic carbocycles. The lowest BCUT2D eigenvalue weighted by atomic mass is 10.2. The summed E-state index contributed by atoms with van der Waals surface area (Å²) in [6.07, 6.45) is 0. The van der Waals surface area contributed by atoms with Crippen LogP contribution in [0.3, 0.4) is 0 Å². The van der Waals surface area contributed by atoms with E-state index in [-0.39, 0.29) is 5.56 Å². The molecule has 0 atom stereocenters. The van der Waals surface area contributed by atoms with E-state index in [0.29, 0.717) is 9.66 Å². The molecule has 3 radical (unpaired) electrons. The van der Waals surface area contributed by atoms with Crippen LogP contribution in [0, 0.1) is 0 Å². The fourth-order valence-electron chi connectivity index (χ4n) is 0.741. The lowest BCUT2D eigenvalue weighted by molar-refractivity contribution is 0.0697. The van der Waals surface area contributed by atoms with Gasteiger partial charge in [0.15, 0.2) is 0 Å². The molecule has 1 aromatic rings. The van der Waals surface area contributed by atoms with Crippen molar-refractivity contribution in [3.05, 3.63) is 28.2 Å². The van der Waals surface area contributed by atoms with Crippen LogP contribution in [-0.2, 0) is 0 Å². The van der Waals surface area contributed by atoms with Crippen LogP contribution < -0.4 is 5.19 Å². The summed E-state index contributed by atoms with van der Waals surface area (Å²) in [7, 11) is 3.19. The Kier molecular flexibility index (Phi) is 2.46. The highest BCUT2D eigenvalue weighted by Gasteiger charge is 2.09. The summed E-state index contributed by atoms with van der Waals surface area (Å²) < 4.78 is 0.581. The van der Waals surface area contributed by atoms with Gasteiger partial charge in [0.1, 0.15) is 0 Å². The van der Waals surface area contributed by atoms with Crippen molar-refractivity contribution in [2.24, 2.45) is 0 Å². The van der Waals surface area contributed by atoms with Crippen molar-refractivity contribution in [2.75, 3.05) is 0 Å². The Hall–Kier alpha value is -0.613. The zero-order valence-electron chi connectivity index (χ0n) is 5.47. The molecule has 0 bridgehead atoms. The van der Waals surface area contributed by atoms with E-state index in [1.807, 2.05) is 0 Å². The van der Waals surface area contributed by atoms with Gasteiger partial charge in [-0.3, -0.25) is 0 Å². The van der Waals surface area contributed by atoms with E-state index in [1.165, 1.54) is 0 Å². The summed E-state index contributed by atoms with van der Waals surface area (Å²) >= 11 is 3.14. The second-order valence-corrected chi connectivity index (χ2v) is 3.36. The van der Waals surface area contributed by atoms with Crippen molar-refractivity contribution < 1.29 is 9.90 Å². The molecule has 2 nitrogen and oxygen atoms in total. The normalized spacial score (nSPS) is 9.64. The summed E-state index contributed by atoms with van der Waals surface area (Å²) in [5, 5.41) is 9.26. The van der Waals surface area contributed by atoms with E-state index in [1.54, 1.807) is 18.2 Å². The van der Waals surface area contributed by atoms with Crippen LogP contribution >= 0.6 is 15.9 Å². The van der Waals surface area contributed by atoms with Gasteiger partial charge in [-0.15, -0.1) is 0 Å². The second kappa shape index (κ2) is 3.19. The van der Waals surface area contributed by atoms with Gasteiger partial charge in [0.05, 0.1) is 15.8 Å². The average Bonchev–Trinajstić information content (AvgIpc) is 1.85. The zero-order valence-corrected chi connectivity index (χ0v) is 8.05. The maximum atomic E-state index is 10.6. The molecule has 0 aliphatic rings. The molecule has 0 saturated carbocycles. The molecule has 0 spiro atoms. The molecular weight excluding hydrogens is 224 g/mol. The van der Waals surface area contributed by atoms with Crippen LogP contribution in [0.5, 0.6) is 0 Å². The monoisotopic (exact) mass is 227 g/mol. The molecule has 11 heavy (non-hydrogen) atoms. The molecule has 0 saturated heterocycles. The summed E-state index contributed by atoms with van der Waals surface area (Å²) in [6, 6.07) is 5.14. The first-order valence-corrected chi connectivity index (χ1v) is 4.15.